The highest BCUT2D eigenvalue weighted by atomic mass is 32.2. The summed E-state index contributed by atoms with van der Waals surface area (Å²) in [6.07, 6.45) is 3.92. The molecule has 8 heteroatoms. The first-order valence-electron chi connectivity index (χ1n) is 6.13. The molecule has 7 nitrogen and oxygen atoms in total. The maximum absolute atomic E-state index is 12.0. The van der Waals surface area contributed by atoms with Crippen LogP contribution in [0.5, 0.6) is 0 Å². The summed E-state index contributed by atoms with van der Waals surface area (Å²) >= 11 is 1.03. The summed E-state index contributed by atoms with van der Waals surface area (Å²) in [6.45, 7) is 3.79. The molecule has 1 atom stereocenters. The van der Waals surface area contributed by atoms with Crippen LogP contribution in [0.1, 0.15) is 20.3 Å². The van der Waals surface area contributed by atoms with Crippen LogP contribution in [0.3, 0.4) is 0 Å². The van der Waals surface area contributed by atoms with E-state index in [0.29, 0.717) is 6.54 Å². The van der Waals surface area contributed by atoms with Crippen LogP contribution in [-0.2, 0) is 16.1 Å². The van der Waals surface area contributed by atoms with Gasteiger partial charge in [0, 0.05) is 31.6 Å². The normalized spacial score (nSPS) is 11.9. The molecule has 1 rings (SSSR count). The van der Waals surface area contributed by atoms with Crippen molar-refractivity contribution >= 4 is 23.6 Å². The van der Waals surface area contributed by atoms with Gasteiger partial charge in [0.05, 0.1) is 0 Å². The number of rotatable bonds is 7. The Labute approximate surface area is 120 Å². The van der Waals surface area contributed by atoms with Gasteiger partial charge in [0.25, 0.3) is 5.56 Å². The van der Waals surface area contributed by atoms with Crippen molar-refractivity contribution in [2.24, 2.45) is 0 Å². The van der Waals surface area contributed by atoms with Gasteiger partial charge in [0.15, 0.2) is 5.03 Å². The van der Waals surface area contributed by atoms with Gasteiger partial charge in [-0.25, -0.2) is 9.78 Å². The van der Waals surface area contributed by atoms with Gasteiger partial charge in [0.2, 0.25) is 5.91 Å². The first kappa shape index (κ1) is 16.2. The third-order valence-corrected chi connectivity index (χ3v) is 3.46. The molecule has 0 aliphatic heterocycles. The molecule has 1 aromatic rings. The molecule has 0 spiro atoms. The minimum Gasteiger partial charge on any atom is -0.480 e. The van der Waals surface area contributed by atoms with E-state index in [0.717, 1.165) is 18.2 Å². The summed E-state index contributed by atoms with van der Waals surface area (Å²) in [6, 6.07) is -1.04. The highest BCUT2D eigenvalue weighted by molar-refractivity contribution is 7.99. The monoisotopic (exact) mass is 299 g/mol. The van der Waals surface area contributed by atoms with Crippen molar-refractivity contribution in [3.63, 3.8) is 0 Å². The van der Waals surface area contributed by atoms with Crippen LogP contribution in [0.25, 0.3) is 0 Å². The largest absolute Gasteiger partial charge is 0.480 e. The SMILES string of the molecule is CCCn1ccnc(SC[C@H](NC(C)=O)C(=O)O)c1=O. The lowest BCUT2D eigenvalue weighted by molar-refractivity contribution is -0.140. The molecule has 110 valence electrons. The molecule has 0 bridgehead atoms. The molecule has 0 aromatic carbocycles. The van der Waals surface area contributed by atoms with Crippen LogP contribution in [-0.4, -0.2) is 38.3 Å². The highest BCUT2D eigenvalue weighted by Crippen LogP contribution is 2.11. The number of carboxylic acid groups (broad SMARTS) is 1. The number of aliphatic carboxylic acids is 1. The number of aryl methyl sites for hydroxylation is 1. The molecular formula is C12H17N3O4S. The van der Waals surface area contributed by atoms with Crippen molar-refractivity contribution in [3.05, 3.63) is 22.7 Å². The summed E-state index contributed by atoms with van der Waals surface area (Å²) in [5.41, 5.74) is -0.244. The predicted octanol–water partition coefficient (Wildman–Crippen LogP) is 0.335. The van der Waals surface area contributed by atoms with E-state index in [1.165, 1.54) is 17.7 Å². The number of carboxylic acids is 1. The lowest BCUT2D eigenvalue weighted by atomic mass is 10.3. The van der Waals surface area contributed by atoms with Crippen molar-refractivity contribution in [1.29, 1.82) is 0 Å². The van der Waals surface area contributed by atoms with Crippen molar-refractivity contribution < 1.29 is 14.7 Å². The van der Waals surface area contributed by atoms with Gasteiger partial charge in [-0.15, -0.1) is 0 Å². The number of carbonyl (C=O) groups is 2. The standard InChI is InChI=1S/C12H17N3O4S/c1-3-5-15-6-4-13-10(11(15)17)20-7-9(12(18)19)14-8(2)16/h4,6,9H,3,5,7H2,1-2H3,(H,14,16)(H,18,19)/t9-/m0/s1. The molecule has 2 N–H and O–H groups in total. The van der Waals surface area contributed by atoms with E-state index in [2.05, 4.69) is 10.3 Å². The molecule has 0 fully saturated rings. The fourth-order valence-corrected chi connectivity index (χ4v) is 2.45. The van der Waals surface area contributed by atoms with Crippen LogP contribution in [0, 0.1) is 0 Å². The Morgan fingerprint density at radius 3 is 2.80 bits per heavy atom. The predicted molar refractivity (Wildman–Crippen MR) is 74.8 cm³/mol. The van der Waals surface area contributed by atoms with E-state index in [1.54, 1.807) is 6.20 Å². The van der Waals surface area contributed by atoms with Gasteiger partial charge in [-0.05, 0) is 6.42 Å². The lowest BCUT2D eigenvalue weighted by Gasteiger charge is -2.12. The Kier molecular flexibility index (Phi) is 6.23. The second-order valence-electron chi connectivity index (χ2n) is 4.13. The summed E-state index contributed by atoms with van der Waals surface area (Å²) in [5, 5.41) is 11.5. The molecule has 0 unspecified atom stereocenters. The Balaban J connectivity index is 2.78. The highest BCUT2D eigenvalue weighted by Gasteiger charge is 2.19. The quantitative estimate of drug-likeness (QED) is 0.704. The van der Waals surface area contributed by atoms with Crippen molar-refractivity contribution in [1.82, 2.24) is 14.9 Å². The Hall–Kier alpha value is -1.83. The summed E-state index contributed by atoms with van der Waals surface area (Å²) < 4.78 is 1.53. The summed E-state index contributed by atoms with van der Waals surface area (Å²) in [5.74, 6) is -1.52. The zero-order valence-corrected chi connectivity index (χ0v) is 12.1. The molecular weight excluding hydrogens is 282 g/mol. The molecule has 0 aliphatic carbocycles. The Morgan fingerprint density at radius 1 is 1.55 bits per heavy atom. The van der Waals surface area contributed by atoms with Crippen LogP contribution in [0.15, 0.2) is 22.2 Å². The zero-order valence-electron chi connectivity index (χ0n) is 11.3. The number of nitrogens with zero attached hydrogens (tertiary/aromatic N) is 2. The number of amides is 1. The maximum atomic E-state index is 12.0. The zero-order chi connectivity index (χ0) is 15.1. The third-order valence-electron chi connectivity index (χ3n) is 2.41. The first-order valence-corrected chi connectivity index (χ1v) is 7.12. The van der Waals surface area contributed by atoms with Gasteiger partial charge >= 0.3 is 5.97 Å². The average molecular weight is 299 g/mol. The van der Waals surface area contributed by atoms with Gasteiger partial charge in [-0.2, -0.15) is 0 Å². The van der Waals surface area contributed by atoms with E-state index >= 15 is 0 Å². The smallest absolute Gasteiger partial charge is 0.327 e. The van der Waals surface area contributed by atoms with Gasteiger partial charge in [-0.3, -0.25) is 9.59 Å². The Bertz CT molecular complexity index is 544. The fourth-order valence-electron chi connectivity index (χ4n) is 1.53. The van der Waals surface area contributed by atoms with Crippen molar-refractivity contribution in [2.75, 3.05) is 5.75 Å². The number of nitrogens with one attached hydrogen (secondary N) is 1. The first-order chi connectivity index (χ1) is 9.45. The van der Waals surface area contributed by atoms with Gasteiger partial charge < -0.3 is 15.0 Å². The molecule has 0 saturated carbocycles. The minimum atomic E-state index is -1.14. The number of thioether (sulfide) groups is 1. The van der Waals surface area contributed by atoms with E-state index in [-0.39, 0.29) is 16.3 Å². The topological polar surface area (TPSA) is 101 Å². The average Bonchev–Trinajstić information content (AvgIpc) is 2.37. The molecule has 0 radical (unpaired) electrons. The summed E-state index contributed by atoms with van der Waals surface area (Å²) in [4.78, 5) is 37.9. The number of carbonyl (C=O) groups excluding carboxylic acids is 1. The van der Waals surface area contributed by atoms with E-state index in [1.807, 2.05) is 6.92 Å². The van der Waals surface area contributed by atoms with Crippen LogP contribution in [0.2, 0.25) is 0 Å². The summed E-state index contributed by atoms with van der Waals surface area (Å²) in [7, 11) is 0. The number of hydrogen-bond donors (Lipinski definition) is 2. The van der Waals surface area contributed by atoms with E-state index in [9.17, 15) is 14.4 Å². The number of aromatic nitrogens is 2. The maximum Gasteiger partial charge on any atom is 0.327 e. The van der Waals surface area contributed by atoms with E-state index < -0.39 is 17.9 Å². The van der Waals surface area contributed by atoms with Crippen molar-refractivity contribution in [2.45, 2.75) is 37.9 Å². The van der Waals surface area contributed by atoms with Gasteiger partial charge in [-0.1, -0.05) is 18.7 Å². The molecule has 1 aromatic heterocycles. The van der Waals surface area contributed by atoms with Crippen LogP contribution >= 0.6 is 11.8 Å². The molecule has 1 amide bonds. The second kappa shape index (κ2) is 7.68. The molecule has 1 heterocycles. The molecule has 0 saturated heterocycles. The van der Waals surface area contributed by atoms with E-state index in [4.69, 9.17) is 5.11 Å². The third kappa shape index (κ3) is 4.69. The lowest BCUT2D eigenvalue weighted by Crippen LogP contribution is -2.41. The second-order valence-corrected chi connectivity index (χ2v) is 5.14. The van der Waals surface area contributed by atoms with Crippen molar-refractivity contribution in [3.8, 4) is 0 Å². The molecule has 20 heavy (non-hydrogen) atoms. The molecule has 0 aliphatic rings. The van der Waals surface area contributed by atoms with Crippen LogP contribution in [0.4, 0.5) is 0 Å². The fraction of sp³-hybridized carbons (Fsp3) is 0.500. The Morgan fingerprint density at radius 2 is 2.25 bits per heavy atom. The van der Waals surface area contributed by atoms with Crippen LogP contribution < -0.4 is 10.9 Å². The van der Waals surface area contributed by atoms with Gasteiger partial charge in [0.1, 0.15) is 6.04 Å². The number of hydrogen-bond acceptors (Lipinski definition) is 5. The minimum absolute atomic E-state index is 0.0489.